The molecule has 0 saturated heterocycles. The lowest BCUT2D eigenvalue weighted by molar-refractivity contribution is -0.142. The fourth-order valence-electron chi connectivity index (χ4n) is 1.98. The molecule has 0 bridgehead atoms. The average Bonchev–Trinajstić information content (AvgIpc) is 2.37. The third-order valence-corrected chi connectivity index (χ3v) is 3.41. The maximum Gasteiger partial charge on any atom is 0.308 e. The van der Waals surface area contributed by atoms with Crippen molar-refractivity contribution >= 4 is 23.5 Å². The molecule has 21 heavy (non-hydrogen) atoms. The second kappa shape index (κ2) is 7.98. The molecule has 0 aliphatic carbocycles. The molecule has 0 fully saturated rings. The fraction of sp³-hybridized carbons (Fsp3) is 0.533. The largest absolute Gasteiger partial charge is 0.481 e. The van der Waals surface area contributed by atoms with Crippen molar-refractivity contribution in [2.24, 2.45) is 11.8 Å². The standard InChI is InChI=1S/C15H21ClN2O3/c1-4-5-11-6-10(7-13(16)18-11)14(19)17-8-12(9(2)3)15(20)21/h6-7,9,12H,4-5,8H2,1-3H3,(H,17,19)(H,20,21). The van der Waals surface area contributed by atoms with Crippen LogP contribution in [0.2, 0.25) is 5.15 Å². The average molecular weight is 313 g/mol. The predicted octanol–water partition coefficient (Wildman–Crippen LogP) is 2.77. The van der Waals surface area contributed by atoms with E-state index < -0.39 is 11.9 Å². The van der Waals surface area contributed by atoms with Crippen LogP contribution in [0.25, 0.3) is 0 Å². The molecule has 1 heterocycles. The minimum atomic E-state index is -0.912. The summed E-state index contributed by atoms with van der Waals surface area (Å²) in [6.45, 7) is 5.73. The molecule has 0 saturated carbocycles. The van der Waals surface area contributed by atoms with Gasteiger partial charge in [-0.3, -0.25) is 9.59 Å². The van der Waals surface area contributed by atoms with Gasteiger partial charge >= 0.3 is 5.97 Å². The quantitative estimate of drug-likeness (QED) is 0.759. The second-order valence-electron chi connectivity index (χ2n) is 5.32. The Morgan fingerprint density at radius 1 is 1.38 bits per heavy atom. The van der Waals surface area contributed by atoms with Gasteiger partial charge in [-0.25, -0.2) is 4.98 Å². The number of carbonyl (C=O) groups excluding carboxylic acids is 1. The van der Waals surface area contributed by atoms with Gasteiger partial charge in [-0.15, -0.1) is 0 Å². The summed E-state index contributed by atoms with van der Waals surface area (Å²) in [6.07, 6.45) is 1.65. The molecule has 1 aromatic rings. The highest BCUT2D eigenvalue weighted by atomic mass is 35.5. The van der Waals surface area contributed by atoms with Crippen LogP contribution in [0.4, 0.5) is 0 Å². The van der Waals surface area contributed by atoms with Gasteiger partial charge in [-0.1, -0.05) is 38.8 Å². The van der Waals surface area contributed by atoms with Gasteiger partial charge in [0, 0.05) is 17.8 Å². The number of aliphatic carboxylic acids is 1. The number of nitrogens with zero attached hydrogens (tertiary/aromatic N) is 1. The number of carboxylic acids is 1. The Morgan fingerprint density at radius 3 is 2.57 bits per heavy atom. The molecular weight excluding hydrogens is 292 g/mol. The van der Waals surface area contributed by atoms with Gasteiger partial charge < -0.3 is 10.4 Å². The molecule has 5 nitrogen and oxygen atoms in total. The fourth-order valence-corrected chi connectivity index (χ4v) is 2.21. The Morgan fingerprint density at radius 2 is 2.05 bits per heavy atom. The van der Waals surface area contributed by atoms with Crippen LogP contribution in [0.1, 0.15) is 43.2 Å². The van der Waals surface area contributed by atoms with Gasteiger partial charge in [0.1, 0.15) is 5.15 Å². The van der Waals surface area contributed by atoms with E-state index in [2.05, 4.69) is 10.3 Å². The first-order valence-corrected chi connectivity index (χ1v) is 7.40. The number of aromatic nitrogens is 1. The van der Waals surface area contributed by atoms with Crippen LogP contribution in [-0.2, 0) is 11.2 Å². The van der Waals surface area contributed by atoms with Crippen LogP contribution in [-0.4, -0.2) is 28.5 Å². The highest BCUT2D eigenvalue weighted by Gasteiger charge is 2.22. The molecule has 116 valence electrons. The van der Waals surface area contributed by atoms with Crippen molar-refractivity contribution in [2.75, 3.05) is 6.54 Å². The predicted molar refractivity (Wildman–Crippen MR) is 81.5 cm³/mol. The first-order valence-electron chi connectivity index (χ1n) is 7.02. The van der Waals surface area contributed by atoms with E-state index in [1.807, 2.05) is 20.8 Å². The molecule has 2 N–H and O–H groups in total. The Balaban J connectivity index is 2.77. The summed E-state index contributed by atoms with van der Waals surface area (Å²) >= 11 is 5.91. The van der Waals surface area contributed by atoms with Crippen molar-refractivity contribution in [3.8, 4) is 0 Å². The molecule has 0 aliphatic heterocycles. The summed E-state index contributed by atoms with van der Waals surface area (Å²) in [5.41, 5.74) is 1.17. The molecule has 0 radical (unpaired) electrons. The van der Waals surface area contributed by atoms with Gasteiger partial charge in [-0.05, 0) is 24.5 Å². The topological polar surface area (TPSA) is 79.3 Å². The van der Waals surface area contributed by atoms with Crippen LogP contribution in [0.5, 0.6) is 0 Å². The van der Waals surface area contributed by atoms with E-state index in [0.717, 1.165) is 18.5 Å². The maximum atomic E-state index is 12.1. The molecule has 1 unspecified atom stereocenters. The second-order valence-corrected chi connectivity index (χ2v) is 5.71. The Hall–Kier alpha value is -1.62. The minimum absolute atomic E-state index is 0.0560. The summed E-state index contributed by atoms with van der Waals surface area (Å²) in [5, 5.41) is 12.0. The Labute approximate surface area is 129 Å². The van der Waals surface area contributed by atoms with Crippen molar-refractivity contribution in [1.29, 1.82) is 0 Å². The Kier molecular flexibility index (Phi) is 6.62. The molecule has 1 aromatic heterocycles. The van der Waals surface area contributed by atoms with Crippen molar-refractivity contribution in [1.82, 2.24) is 10.3 Å². The third-order valence-electron chi connectivity index (χ3n) is 3.22. The first kappa shape index (κ1) is 17.4. The van der Waals surface area contributed by atoms with Gasteiger partial charge in [-0.2, -0.15) is 0 Å². The molecule has 1 rings (SSSR count). The summed E-state index contributed by atoms with van der Waals surface area (Å²) in [6, 6.07) is 3.18. The lowest BCUT2D eigenvalue weighted by Crippen LogP contribution is -2.35. The number of nitrogens with one attached hydrogen (secondary N) is 1. The summed E-state index contributed by atoms with van der Waals surface area (Å²) in [5.74, 6) is -1.91. The molecular formula is C15H21ClN2O3. The molecule has 1 amide bonds. The van der Waals surface area contributed by atoms with Crippen LogP contribution in [0.3, 0.4) is 0 Å². The first-order chi connectivity index (χ1) is 9.85. The summed E-state index contributed by atoms with van der Waals surface area (Å²) < 4.78 is 0. The molecule has 0 aromatic carbocycles. The zero-order valence-electron chi connectivity index (χ0n) is 12.5. The Bertz CT molecular complexity index is 518. The van der Waals surface area contributed by atoms with Crippen molar-refractivity contribution in [3.05, 3.63) is 28.5 Å². The van der Waals surface area contributed by atoms with E-state index in [4.69, 9.17) is 16.7 Å². The van der Waals surface area contributed by atoms with E-state index in [-0.39, 0.29) is 23.5 Å². The zero-order valence-corrected chi connectivity index (χ0v) is 13.3. The lowest BCUT2D eigenvalue weighted by Gasteiger charge is -2.16. The SMILES string of the molecule is CCCc1cc(C(=O)NCC(C(=O)O)C(C)C)cc(Cl)n1. The molecule has 6 heteroatoms. The number of rotatable bonds is 7. The summed E-state index contributed by atoms with van der Waals surface area (Å²) in [7, 11) is 0. The van der Waals surface area contributed by atoms with Crippen molar-refractivity contribution in [3.63, 3.8) is 0 Å². The van der Waals surface area contributed by atoms with Gasteiger partial charge in [0.25, 0.3) is 5.91 Å². The maximum absolute atomic E-state index is 12.1. The van der Waals surface area contributed by atoms with Gasteiger partial charge in [0.15, 0.2) is 0 Å². The highest BCUT2D eigenvalue weighted by molar-refractivity contribution is 6.29. The highest BCUT2D eigenvalue weighted by Crippen LogP contribution is 2.14. The van der Waals surface area contributed by atoms with E-state index in [1.165, 1.54) is 6.07 Å². The van der Waals surface area contributed by atoms with Crippen LogP contribution >= 0.6 is 11.6 Å². The van der Waals surface area contributed by atoms with Crippen molar-refractivity contribution < 1.29 is 14.7 Å². The number of halogens is 1. The lowest BCUT2D eigenvalue weighted by atomic mass is 9.96. The smallest absolute Gasteiger partial charge is 0.308 e. The third kappa shape index (κ3) is 5.34. The number of hydrogen-bond acceptors (Lipinski definition) is 3. The monoisotopic (exact) mass is 312 g/mol. The van der Waals surface area contributed by atoms with E-state index in [0.29, 0.717) is 5.56 Å². The van der Waals surface area contributed by atoms with Crippen LogP contribution in [0.15, 0.2) is 12.1 Å². The molecule has 1 atom stereocenters. The van der Waals surface area contributed by atoms with Crippen LogP contribution in [0, 0.1) is 11.8 Å². The number of carboxylic acid groups (broad SMARTS) is 1. The summed E-state index contributed by atoms with van der Waals surface area (Å²) in [4.78, 5) is 27.4. The van der Waals surface area contributed by atoms with E-state index in [1.54, 1.807) is 6.07 Å². The minimum Gasteiger partial charge on any atom is -0.481 e. The van der Waals surface area contributed by atoms with Crippen molar-refractivity contribution in [2.45, 2.75) is 33.6 Å². The molecule has 0 aliphatic rings. The number of pyridine rings is 1. The normalized spacial score (nSPS) is 12.2. The molecule has 0 spiro atoms. The number of hydrogen-bond donors (Lipinski definition) is 2. The van der Waals surface area contributed by atoms with E-state index >= 15 is 0 Å². The zero-order chi connectivity index (χ0) is 16.0. The number of amides is 1. The number of aryl methyl sites for hydroxylation is 1. The van der Waals surface area contributed by atoms with E-state index in [9.17, 15) is 9.59 Å². The van der Waals surface area contributed by atoms with Gasteiger partial charge in [0.2, 0.25) is 0 Å². The van der Waals surface area contributed by atoms with Gasteiger partial charge in [0.05, 0.1) is 5.92 Å². The van der Waals surface area contributed by atoms with Crippen LogP contribution < -0.4 is 5.32 Å². The number of carbonyl (C=O) groups is 2.